The fraction of sp³-hybridized carbons (Fsp3) is 0.138. The van der Waals surface area contributed by atoms with Gasteiger partial charge in [-0.05, 0) is 85.5 Å². The molecule has 0 atom stereocenters. The van der Waals surface area contributed by atoms with Gasteiger partial charge in [-0.1, -0.05) is 30.3 Å². The third-order valence-electron chi connectivity index (χ3n) is 5.96. The Bertz CT molecular complexity index is 1350. The number of benzene rings is 3. The molecule has 33 heavy (non-hydrogen) atoms. The summed E-state index contributed by atoms with van der Waals surface area (Å²) in [6.45, 7) is 2.16. The van der Waals surface area contributed by atoms with Crippen LogP contribution in [-0.4, -0.2) is 22.3 Å². The molecule has 0 amide bonds. The number of nitrogens with zero attached hydrogens (tertiary/aromatic N) is 1. The zero-order valence-corrected chi connectivity index (χ0v) is 18.8. The number of fused-ring (bicyclic) bond motifs is 1. The zero-order chi connectivity index (χ0) is 22.8. The van der Waals surface area contributed by atoms with Crippen molar-refractivity contribution in [2.75, 3.05) is 7.05 Å². The molecule has 1 aliphatic heterocycles. The van der Waals surface area contributed by atoms with Gasteiger partial charge in [-0.3, -0.25) is 0 Å². The Morgan fingerprint density at radius 3 is 2.36 bits per heavy atom. The first-order valence-electron chi connectivity index (χ1n) is 11.2. The highest BCUT2D eigenvalue weighted by Crippen LogP contribution is 2.32. The maximum atomic E-state index is 13.5. The molecule has 1 aromatic heterocycles. The van der Waals surface area contributed by atoms with Crippen LogP contribution < -0.4 is 4.74 Å². The lowest BCUT2D eigenvalue weighted by Gasteiger charge is -2.14. The van der Waals surface area contributed by atoms with Crippen LogP contribution in [0.2, 0.25) is 0 Å². The highest BCUT2D eigenvalue weighted by Gasteiger charge is 2.27. The van der Waals surface area contributed by atoms with Gasteiger partial charge in [0.2, 0.25) is 5.71 Å². The summed E-state index contributed by atoms with van der Waals surface area (Å²) >= 11 is 0. The summed E-state index contributed by atoms with van der Waals surface area (Å²) in [4.78, 5) is 3.61. The molecule has 3 nitrogen and oxygen atoms in total. The van der Waals surface area contributed by atoms with E-state index >= 15 is 0 Å². The van der Waals surface area contributed by atoms with Gasteiger partial charge in [-0.15, -0.1) is 0 Å². The smallest absolute Gasteiger partial charge is 0.225 e. The highest BCUT2D eigenvalue weighted by molar-refractivity contribution is 6.13. The van der Waals surface area contributed by atoms with E-state index in [-0.39, 0.29) is 5.82 Å². The second-order valence-corrected chi connectivity index (χ2v) is 8.43. The normalized spacial score (nSPS) is 13.7. The Kier molecular flexibility index (Phi) is 5.66. The van der Waals surface area contributed by atoms with Crippen LogP contribution in [0.1, 0.15) is 30.2 Å². The molecule has 0 saturated heterocycles. The lowest BCUT2D eigenvalue weighted by Crippen LogP contribution is -2.19. The van der Waals surface area contributed by atoms with Crippen LogP contribution >= 0.6 is 0 Å². The first-order valence-corrected chi connectivity index (χ1v) is 11.2. The fourth-order valence-electron chi connectivity index (χ4n) is 4.36. The van der Waals surface area contributed by atoms with Crippen molar-refractivity contribution in [3.8, 4) is 22.8 Å². The van der Waals surface area contributed by atoms with Crippen LogP contribution in [0, 0.1) is 5.82 Å². The Balaban J connectivity index is 1.67. The Hall–Kier alpha value is -3.92. The Morgan fingerprint density at radius 2 is 1.58 bits per heavy atom. The third kappa shape index (κ3) is 4.37. The lowest BCUT2D eigenvalue weighted by molar-refractivity contribution is -0.422. The SMILES string of the molecule is CC1=C[N+](C)=C(c2ccccc2Oc2ccccc2)c2cc(-c3ccc(F)cc3)[nH]c2CC1. The molecule has 1 aliphatic rings. The average Bonchev–Trinajstić information content (AvgIpc) is 3.22. The number of H-pyrrole nitrogens is 1. The highest BCUT2D eigenvalue weighted by atomic mass is 19.1. The van der Waals surface area contributed by atoms with Gasteiger partial charge in [0.1, 0.15) is 24.4 Å². The predicted octanol–water partition coefficient (Wildman–Crippen LogP) is 6.94. The van der Waals surface area contributed by atoms with E-state index < -0.39 is 0 Å². The van der Waals surface area contributed by atoms with Crippen LogP contribution in [0.5, 0.6) is 11.5 Å². The lowest BCUT2D eigenvalue weighted by atomic mass is 9.96. The minimum atomic E-state index is -0.234. The molecule has 3 aromatic carbocycles. The monoisotopic (exact) mass is 437 g/mol. The van der Waals surface area contributed by atoms with Crippen molar-refractivity contribution < 1.29 is 13.7 Å². The van der Waals surface area contributed by atoms with E-state index in [1.165, 1.54) is 17.7 Å². The number of allylic oxidation sites excluding steroid dienone is 1. The molecule has 1 N–H and O–H groups in total. The number of aromatic nitrogens is 1. The van der Waals surface area contributed by atoms with E-state index in [2.05, 4.69) is 41.9 Å². The van der Waals surface area contributed by atoms with Crippen molar-refractivity contribution in [3.05, 3.63) is 119 Å². The summed E-state index contributed by atoms with van der Waals surface area (Å²) in [5.41, 5.74) is 7.62. The molecular formula is C29H26FN2O+. The summed E-state index contributed by atoms with van der Waals surface area (Å²) in [5, 5.41) is 0. The predicted molar refractivity (Wildman–Crippen MR) is 131 cm³/mol. The standard InChI is InChI=1S/C29H25FN2O/c1-20-12-17-26-25(18-27(31-26)21-13-15-22(30)16-14-21)29(32(2)19-20)24-10-6-7-11-28(24)33-23-8-4-3-5-9-23/h3-11,13-16,18-19H,12,17H2,1-2H3/p+1. The van der Waals surface area contributed by atoms with Crippen LogP contribution in [0.25, 0.3) is 11.3 Å². The molecule has 4 aromatic rings. The topological polar surface area (TPSA) is 28.0 Å². The summed E-state index contributed by atoms with van der Waals surface area (Å²) in [7, 11) is 2.08. The van der Waals surface area contributed by atoms with Gasteiger partial charge in [0.25, 0.3) is 0 Å². The molecule has 0 spiro atoms. The van der Waals surface area contributed by atoms with Crippen molar-refractivity contribution in [2.45, 2.75) is 19.8 Å². The number of aromatic amines is 1. The minimum absolute atomic E-state index is 0.234. The molecule has 0 aliphatic carbocycles. The fourth-order valence-corrected chi connectivity index (χ4v) is 4.36. The number of aryl methyl sites for hydroxylation is 1. The van der Waals surface area contributed by atoms with E-state index in [0.717, 1.165) is 58.1 Å². The first kappa shape index (κ1) is 21.0. The molecule has 5 rings (SSSR count). The van der Waals surface area contributed by atoms with Gasteiger partial charge in [-0.2, -0.15) is 0 Å². The third-order valence-corrected chi connectivity index (χ3v) is 5.96. The molecule has 0 saturated carbocycles. The van der Waals surface area contributed by atoms with Crippen LogP contribution in [0.3, 0.4) is 0 Å². The number of hydrogen-bond acceptors (Lipinski definition) is 1. The minimum Gasteiger partial charge on any atom is -0.456 e. The van der Waals surface area contributed by atoms with E-state index in [9.17, 15) is 4.39 Å². The molecule has 0 unspecified atom stereocenters. The molecule has 0 fully saturated rings. The van der Waals surface area contributed by atoms with E-state index in [0.29, 0.717) is 0 Å². The molecular weight excluding hydrogens is 411 g/mol. The first-order chi connectivity index (χ1) is 16.1. The zero-order valence-electron chi connectivity index (χ0n) is 18.8. The Labute approximate surface area is 193 Å². The van der Waals surface area contributed by atoms with Crippen LogP contribution in [0.15, 0.2) is 96.7 Å². The molecule has 2 heterocycles. The number of para-hydroxylation sites is 2. The number of rotatable bonds is 4. The summed E-state index contributed by atoms with van der Waals surface area (Å²) in [6.07, 6.45) is 4.07. The number of hydrogen-bond donors (Lipinski definition) is 1. The van der Waals surface area contributed by atoms with Crippen molar-refractivity contribution in [1.82, 2.24) is 4.98 Å². The maximum Gasteiger partial charge on any atom is 0.225 e. The van der Waals surface area contributed by atoms with Crippen molar-refractivity contribution >= 4 is 5.71 Å². The van der Waals surface area contributed by atoms with Crippen molar-refractivity contribution in [1.29, 1.82) is 0 Å². The number of ether oxygens (including phenoxy) is 1. The summed E-state index contributed by atoms with van der Waals surface area (Å²) in [5.74, 6) is 1.36. The van der Waals surface area contributed by atoms with Gasteiger partial charge in [0.15, 0.2) is 6.20 Å². The van der Waals surface area contributed by atoms with Crippen LogP contribution in [0.4, 0.5) is 4.39 Å². The summed E-state index contributed by atoms with van der Waals surface area (Å²) in [6, 6.07) is 26.8. The molecule has 0 radical (unpaired) electrons. The van der Waals surface area contributed by atoms with Crippen molar-refractivity contribution in [2.24, 2.45) is 0 Å². The van der Waals surface area contributed by atoms with Gasteiger partial charge in [0.05, 0.1) is 11.1 Å². The summed E-state index contributed by atoms with van der Waals surface area (Å²) < 4.78 is 22.0. The van der Waals surface area contributed by atoms with Gasteiger partial charge in [-0.25, -0.2) is 8.97 Å². The van der Waals surface area contributed by atoms with Gasteiger partial charge in [0, 0.05) is 11.4 Å². The second kappa shape index (κ2) is 8.91. The molecule has 4 heteroatoms. The number of nitrogens with one attached hydrogen (secondary N) is 1. The van der Waals surface area contributed by atoms with E-state index in [4.69, 9.17) is 4.74 Å². The average molecular weight is 438 g/mol. The quantitative estimate of drug-likeness (QED) is 0.344. The van der Waals surface area contributed by atoms with Gasteiger partial charge >= 0.3 is 0 Å². The second-order valence-electron chi connectivity index (χ2n) is 8.43. The van der Waals surface area contributed by atoms with E-state index in [1.807, 2.05) is 60.7 Å². The number of halogens is 1. The van der Waals surface area contributed by atoms with E-state index in [1.54, 1.807) is 0 Å². The molecule has 164 valence electrons. The Morgan fingerprint density at radius 1 is 0.848 bits per heavy atom. The largest absolute Gasteiger partial charge is 0.456 e. The van der Waals surface area contributed by atoms with Crippen molar-refractivity contribution in [3.63, 3.8) is 0 Å². The van der Waals surface area contributed by atoms with Gasteiger partial charge < -0.3 is 9.72 Å². The molecule has 0 bridgehead atoms. The van der Waals surface area contributed by atoms with Crippen LogP contribution in [-0.2, 0) is 6.42 Å². The maximum absolute atomic E-state index is 13.5.